The Bertz CT molecular complexity index is 726. The maximum atomic E-state index is 12.5. The van der Waals surface area contributed by atoms with Crippen LogP contribution in [0.3, 0.4) is 0 Å². The lowest BCUT2D eigenvalue weighted by molar-refractivity contribution is -0.131. The highest BCUT2D eigenvalue weighted by atomic mass is 16.5. The molecule has 128 valence electrons. The molecule has 1 atom stereocenters. The van der Waals surface area contributed by atoms with Gasteiger partial charge in [0.2, 0.25) is 5.91 Å². The summed E-state index contributed by atoms with van der Waals surface area (Å²) in [5.41, 5.74) is 7.81. The molecule has 3 N–H and O–H groups in total. The van der Waals surface area contributed by atoms with Crippen molar-refractivity contribution in [3.05, 3.63) is 52.9 Å². The van der Waals surface area contributed by atoms with Gasteiger partial charge in [-0.2, -0.15) is 0 Å². The zero-order valence-electron chi connectivity index (χ0n) is 14.1. The number of carbonyl (C=O) groups is 2. The zero-order valence-corrected chi connectivity index (χ0v) is 14.1. The first-order valence-corrected chi connectivity index (χ1v) is 7.64. The molecule has 0 bridgehead atoms. The van der Waals surface area contributed by atoms with E-state index < -0.39 is 12.1 Å². The average molecular weight is 330 g/mol. The second-order valence-corrected chi connectivity index (χ2v) is 5.86. The van der Waals surface area contributed by atoms with Gasteiger partial charge in [-0.3, -0.25) is 4.79 Å². The minimum absolute atomic E-state index is 0.111. The Labute approximate surface area is 140 Å². The first kappa shape index (κ1) is 17.5. The first-order chi connectivity index (χ1) is 11.3. The van der Waals surface area contributed by atoms with E-state index in [-0.39, 0.29) is 12.3 Å². The molecule has 2 aromatic rings. The van der Waals surface area contributed by atoms with Crippen LogP contribution in [-0.4, -0.2) is 29.0 Å². The standard InChI is InChI=1S/C17H22N4O3/c1-11-5-4-6-13(7-11)15(19-17(18)23)9-16(22)21(3)10-14-8-12(2)24-20-14/h4-8,15H,9-10H2,1-3H3,(H3,18,19,23)/t15-/m1/s1. The number of urea groups is 1. The third-order valence-electron chi connectivity index (χ3n) is 3.64. The molecule has 1 aromatic heterocycles. The fourth-order valence-electron chi connectivity index (χ4n) is 2.46. The van der Waals surface area contributed by atoms with Gasteiger partial charge in [0, 0.05) is 13.1 Å². The number of amides is 3. The molecule has 0 saturated heterocycles. The van der Waals surface area contributed by atoms with Crippen molar-refractivity contribution < 1.29 is 14.1 Å². The maximum absolute atomic E-state index is 12.5. The van der Waals surface area contributed by atoms with E-state index in [1.807, 2.05) is 31.2 Å². The predicted molar refractivity (Wildman–Crippen MR) is 89.0 cm³/mol. The van der Waals surface area contributed by atoms with Crippen molar-refractivity contribution in [2.75, 3.05) is 7.05 Å². The van der Waals surface area contributed by atoms with Crippen LogP contribution in [0.25, 0.3) is 0 Å². The molecular weight excluding hydrogens is 308 g/mol. The molecule has 0 aliphatic heterocycles. The van der Waals surface area contributed by atoms with Gasteiger partial charge in [-0.1, -0.05) is 35.0 Å². The van der Waals surface area contributed by atoms with Gasteiger partial charge in [0.25, 0.3) is 0 Å². The van der Waals surface area contributed by atoms with E-state index >= 15 is 0 Å². The SMILES string of the molecule is Cc1cccc([C@@H](CC(=O)N(C)Cc2cc(C)on2)NC(N)=O)c1. The molecule has 7 heteroatoms. The number of carbonyl (C=O) groups excluding carboxylic acids is 2. The molecule has 0 spiro atoms. The molecule has 0 fully saturated rings. The van der Waals surface area contributed by atoms with Crippen LogP contribution in [0.15, 0.2) is 34.9 Å². The van der Waals surface area contributed by atoms with Crippen LogP contribution in [-0.2, 0) is 11.3 Å². The van der Waals surface area contributed by atoms with Gasteiger partial charge in [-0.15, -0.1) is 0 Å². The maximum Gasteiger partial charge on any atom is 0.312 e. The van der Waals surface area contributed by atoms with E-state index in [1.165, 1.54) is 0 Å². The lowest BCUT2D eigenvalue weighted by atomic mass is 10.0. The summed E-state index contributed by atoms with van der Waals surface area (Å²) >= 11 is 0. The fourth-order valence-corrected chi connectivity index (χ4v) is 2.46. The van der Waals surface area contributed by atoms with Crippen molar-refractivity contribution in [1.29, 1.82) is 0 Å². The summed E-state index contributed by atoms with van der Waals surface area (Å²) in [7, 11) is 1.68. The largest absolute Gasteiger partial charge is 0.361 e. The van der Waals surface area contributed by atoms with Crippen LogP contribution < -0.4 is 11.1 Å². The molecule has 0 saturated carbocycles. The van der Waals surface area contributed by atoms with Gasteiger partial charge in [-0.05, 0) is 19.4 Å². The van der Waals surface area contributed by atoms with Crippen LogP contribution in [0.2, 0.25) is 0 Å². The van der Waals surface area contributed by atoms with Gasteiger partial charge in [0.05, 0.1) is 19.0 Å². The fraction of sp³-hybridized carbons (Fsp3) is 0.353. The smallest absolute Gasteiger partial charge is 0.312 e. The first-order valence-electron chi connectivity index (χ1n) is 7.64. The van der Waals surface area contributed by atoms with E-state index in [0.717, 1.165) is 11.1 Å². The molecule has 0 radical (unpaired) electrons. The van der Waals surface area contributed by atoms with E-state index in [9.17, 15) is 9.59 Å². The quantitative estimate of drug-likeness (QED) is 0.846. The summed E-state index contributed by atoms with van der Waals surface area (Å²) in [6, 6.07) is 8.26. The molecule has 7 nitrogen and oxygen atoms in total. The van der Waals surface area contributed by atoms with Crippen molar-refractivity contribution >= 4 is 11.9 Å². The lowest BCUT2D eigenvalue weighted by Crippen LogP contribution is -2.37. The van der Waals surface area contributed by atoms with Crippen LogP contribution in [0.4, 0.5) is 4.79 Å². The van der Waals surface area contributed by atoms with Crippen LogP contribution in [0.1, 0.15) is 35.0 Å². The zero-order chi connectivity index (χ0) is 17.7. The Morgan fingerprint density at radius 1 is 1.33 bits per heavy atom. The predicted octanol–water partition coefficient (Wildman–Crippen LogP) is 2.05. The average Bonchev–Trinajstić information content (AvgIpc) is 2.91. The van der Waals surface area contributed by atoms with Gasteiger partial charge in [0.1, 0.15) is 11.5 Å². The molecule has 1 aromatic carbocycles. The number of hydrogen-bond acceptors (Lipinski definition) is 4. The van der Waals surface area contributed by atoms with Crippen LogP contribution >= 0.6 is 0 Å². The number of nitrogens with one attached hydrogen (secondary N) is 1. The minimum Gasteiger partial charge on any atom is -0.361 e. The van der Waals surface area contributed by atoms with Gasteiger partial charge in [-0.25, -0.2) is 4.79 Å². The summed E-state index contributed by atoms with van der Waals surface area (Å²) in [5.74, 6) is 0.565. The second kappa shape index (κ2) is 7.63. The van der Waals surface area contributed by atoms with Gasteiger partial charge < -0.3 is 20.5 Å². The van der Waals surface area contributed by atoms with E-state index in [4.69, 9.17) is 10.3 Å². The highest BCUT2D eigenvalue weighted by Crippen LogP contribution is 2.19. The van der Waals surface area contributed by atoms with Crippen molar-refractivity contribution in [3.63, 3.8) is 0 Å². The number of aryl methyl sites for hydroxylation is 2. The summed E-state index contributed by atoms with van der Waals surface area (Å²) < 4.78 is 5.00. The van der Waals surface area contributed by atoms with E-state index in [1.54, 1.807) is 24.9 Å². The monoisotopic (exact) mass is 330 g/mol. The molecule has 0 aliphatic rings. The van der Waals surface area contributed by atoms with Crippen LogP contribution in [0.5, 0.6) is 0 Å². The van der Waals surface area contributed by atoms with Crippen molar-refractivity contribution in [2.45, 2.75) is 32.9 Å². The molecular formula is C17H22N4O3. The van der Waals surface area contributed by atoms with Crippen molar-refractivity contribution in [1.82, 2.24) is 15.4 Å². The number of benzene rings is 1. The number of hydrogen-bond donors (Lipinski definition) is 2. The second-order valence-electron chi connectivity index (χ2n) is 5.86. The third-order valence-corrected chi connectivity index (χ3v) is 3.64. The molecule has 0 unspecified atom stereocenters. The van der Waals surface area contributed by atoms with Crippen LogP contribution in [0, 0.1) is 13.8 Å². The van der Waals surface area contributed by atoms with Crippen molar-refractivity contribution in [3.8, 4) is 0 Å². The summed E-state index contributed by atoms with van der Waals surface area (Å²) in [4.78, 5) is 25.3. The topological polar surface area (TPSA) is 101 Å². The molecule has 24 heavy (non-hydrogen) atoms. The number of nitrogens with two attached hydrogens (primary N) is 1. The van der Waals surface area contributed by atoms with Gasteiger partial charge >= 0.3 is 6.03 Å². The number of rotatable bonds is 6. The highest BCUT2D eigenvalue weighted by Gasteiger charge is 2.20. The summed E-state index contributed by atoms with van der Waals surface area (Å²) in [6.45, 7) is 4.09. The number of nitrogens with zero attached hydrogens (tertiary/aromatic N) is 2. The van der Waals surface area contributed by atoms with Gasteiger partial charge in [0.15, 0.2) is 0 Å². The Hall–Kier alpha value is -2.83. The Balaban J connectivity index is 2.07. The molecule has 2 rings (SSSR count). The molecule has 3 amide bonds. The number of primary amides is 1. The minimum atomic E-state index is -0.663. The van der Waals surface area contributed by atoms with E-state index in [0.29, 0.717) is 18.0 Å². The Morgan fingerprint density at radius 3 is 2.67 bits per heavy atom. The summed E-state index contributed by atoms with van der Waals surface area (Å²) in [6.07, 6.45) is 0.111. The summed E-state index contributed by atoms with van der Waals surface area (Å²) in [5, 5.41) is 6.51. The van der Waals surface area contributed by atoms with Crippen molar-refractivity contribution in [2.24, 2.45) is 5.73 Å². The van der Waals surface area contributed by atoms with E-state index in [2.05, 4.69) is 10.5 Å². The third kappa shape index (κ3) is 4.84. The molecule has 1 heterocycles. The Morgan fingerprint density at radius 2 is 2.08 bits per heavy atom. The lowest BCUT2D eigenvalue weighted by Gasteiger charge is -2.22. The highest BCUT2D eigenvalue weighted by molar-refractivity contribution is 5.78. The number of aromatic nitrogens is 1. The molecule has 0 aliphatic carbocycles. The Kier molecular flexibility index (Phi) is 5.57. The normalized spacial score (nSPS) is 11.8.